The topological polar surface area (TPSA) is 106 Å². The number of carbonyl (C=O) groups excluding carboxylic acids is 1. The lowest BCUT2D eigenvalue weighted by atomic mass is 9.94. The second kappa shape index (κ2) is 10.9. The smallest absolute Gasteiger partial charge is 0.415 e. The van der Waals surface area contributed by atoms with Gasteiger partial charge in [0, 0.05) is 31.0 Å². The van der Waals surface area contributed by atoms with Crippen LogP contribution in [0.4, 0.5) is 4.79 Å². The molecule has 0 bridgehead atoms. The Kier molecular flexibility index (Phi) is 7.55. The van der Waals surface area contributed by atoms with E-state index in [0.717, 1.165) is 35.7 Å². The molecule has 168 valence electrons. The molecular formula is C22H26N6O3S. The fourth-order valence-corrected chi connectivity index (χ4v) is 4.63. The molecule has 4 rings (SSSR count). The molecular weight excluding hydrogens is 428 g/mol. The number of piperidine rings is 1. The third-order valence-corrected chi connectivity index (χ3v) is 6.66. The summed E-state index contributed by atoms with van der Waals surface area (Å²) >= 11 is 1.64. The number of hydrogen-bond donors (Lipinski definition) is 1. The van der Waals surface area contributed by atoms with Gasteiger partial charge in [-0.25, -0.2) is 9.89 Å². The molecule has 0 aliphatic carbocycles. The van der Waals surface area contributed by atoms with Crippen LogP contribution in [0.2, 0.25) is 0 Å². The highest BCUT2D eigenvalue weighted by Gasteiger charge is 2.28. The third-order valence-electron chi connectivity index (χ3n) is 5.51. The minimum atomic E-state index is -0.296. The molecule has 0 saturated carbocycles. The number of carbonyl (C=O) groups is 1. The zero-order valence-corrected chi connectivity index (χ0v) is 18.7. The SMILES string of the molecule is CC(Sc1nnn[nH]1)C1CCN(C(=O)Oc2ccc(CCOc3cccnc3)cc2)CC1. The van der Waals surface area contributed by atoms with Gasteiger partial charge in [-0.3, -0.25) is 4.98 Å². The number of thioether (sulfide) groups is 1. The molecule has 3 aromatic rings. The quantitative estimate of drug-likeness (QED) is 0.515. The molecule has 0 radical (unpaired) electrons. The highest BCUT2D eigenvalue weighted by Crippen LogP contribution is 2.31. The molecule has 1 atom stereocenters. The summed E-state index contributed by atoms with van der Waals surface area (Å²) in [7, 11) is 0. The van der Waals surface area contributed by atoms with Crippen LogP contribution in [0, 0.1) is 5.92 Å². The van der Waals surface area contributed by atoms with Crippen molar-refractivity contribution in [3.8, 4) is 11.5 Å². The van der Waals surface area contributed by atoms with Crippen molar-refractivity contribution in [3.63, 3.8) is 0 Å². The van der Waals surface area contributed by atoms with Crippen molar-refractivity contribution in [3.05, 3.63) is 54.4 Å². The van der Waals surface area contributed by atoms with Gasteiger partial charge in [-0.15, -0.1) is 5.10 Å². The van der Waals surface area contributed by atoms with Crippen molar-refractivity contribution in [2.75, 3.05) is 19.7 Å². The van der Waals surface area contributed by atoms with Crippen molar-refractivity contribution < 1.29 is 14.3 Å². The van der Waals surface area contributed by atoms with Gasteiger partial charge in [0.2, 0.25) is 5.16 Å². The first-order chi connectivity index (χ1) is 15.7. The molecule has 1 aliphatic rings. The summed E-state index contributed by atoms with van der Waals surface area (Å²) in [5, 5.41) is 15.0. The van der Waals surface area contributed by atoms with Gasteiger partial charge >= 0.3 is 6.09 Å². The van der Waals surface area contributed by atoms with Gasteiger partial charge in [-0.1, -0.05) is 30.8 Å². The maximum atomic E-state index is 12.6. The molecule has 1 unspecified atom stereocenters. The van der Waals surface area contributed by atoms with Crippen LogP contribution in [0.5, 0.6) is 11.5 Å². The van der Waals surface area contributed by atoms with E-state index in [9.17, 15) is 4.79 Å². The first kappa shape index (κ1) is 22.1. The van der Waals surface area contributed by atoms with Gasteiger partial charge < -0.3 is 14.4 Å². The number of benzene rings is 1. The Labute approximate surface area is 190 Å². The fourth-order valence-electron chi connectivity index (χ4n) is 3.63. The van der Waals surface area contributed by atoms with Gasteiger partial charge in [-0.2, -0.15) is 0 Å². The van der Waals surface area contributed by atoms with Crippen LogP contribution in [0.1, 0.15) is 25.3 Å². The highest BCUT2D eigenvalue weighted by molar-refractivity contribution is 7.99. The van der Waals surface area contributed by atoms with Crippen LogP contribution in [0.3, 0.4) is 0 Å². The van der Waals surface area contributed by atoms with E-state index in [1.807, 2.05) is 36.4 Å². The number of aromatic amines is 1. The molecule has 1 aromatic carbocycles. The molecule has 1 fully saturated rings. The monoisotopic (exact) mass is 454 g/mol. The highest BCUT2D eigenvalue weighted by atomic mass is 32.2. The summed E-state index contributed by atoms with van der Waals surface area (Å²) in [6, 6.07) is 11.3. The number of amides is 1. The lowest BCUT2D eigenvalue weighted by molar-refractivity contribution is 0.131. The first-order valence-corrected chi connectivity index (χ1v) is 11.5. The summed E-state index contributed by atoms with van der Waals surface area (Å²) in [4.78, 5) is 18.4. The third kappa shape index (κ3) is 6.19. The lowest BCUT2D eigenvalue weighted by Crippen LogP contribution is -2.41. The number of hydrogen-bond acceptors (Lipinski definition) is 8. The van der Waals surface area contributed by atoms with Crippen LogP contribution in [0.25, 0.3) is 0 Å². The van der Waals surface area contributed by atoms with E-state index in [1.54, 1.807) is 29.1 Å². The molecule has 1 saturated heterocycles. The van der Waals surface area contributed by atoms with Gasteiger partial charge in [0.25, 0.3) is 0 Å². The van der Waals surface area contributed by atoms with Crippen molar-refractivity contribution >= 4 is 17.9 Å². The van der Waals surface area contributed by atoms with E-state index in [2.05, 4.69) is 32.5 Å². The minimum absolute atomic E-state index is 0.296. The standard InChI is InChI=1S/C22H26N6O3S/c1-16(32-21-24-26-27-25-21)18-8-12-28(13-9-18)22(29)31-19-6-4-17(5-7-19)10-14-30-20-3-2-11-23-15-20/h2-7,11,15-16,18H,8-10,12-14H2,1H3,(H,24,25,26,27). The van der Waals surface area contributed by atoms with Crippen LogP contribution >= 0.6 is 11.8 Å². The normalized spacial score (nSPS) is 15.3. The van der Waals surface area contributed by atoms with Gasteiger partial charge in [0.1, 0.15) is 11.5 Å². The van der Waals surface area contributed by atoms with E-state index in [1.165, 1.54) is 0 Å². The predicted molar refractivity (Wildman–Crippen MR) is 120 cm³/mol. The average Bonchev–Trinajstić information content (AvgIpc) is 3.34. The number of tetrazole rings is 1. The molecule has 1 amide bonds. The second-order valence-corrected chi connectivity index (χ2v) is 9.02. The number of H-pyrrole nitrogens is 1. The number of nitrogens with zero attached hydrogens (tertiary/aromatic N) is 5. The Balaban J connectivity index is 1.18. The number of likely N-dealkylation sites (tertiary alicyclic amines) is 1. The molecule has 0 spiro atoms. The lowest BCUT2D eigenvalue weighted by Gasteiger charge is -2.33. The first-order valence-electron chi connectivity index (χ1n) is 10.7. The molecule has 32 heavy (non-hydrogen) atoms. The zero-order chi connectivity index (χ0) is 22.2. The van der Waals surface area contributed by atoms with E-state index in [4.69, 9.17) is 9.47 Å². The van der Waals surface area contributed by atoms with Gasteiger partial charge in [0.05, 0.1) is 12.8 Å². The summed E-state index contributed by atoms with van der Waals surface area (Å²) < 4.78 is 11.2. The summed E-state index contributed by atoms with van der Waals surface area (Å²) in [6.07, 6.45) is 5.74. The number of pyridine rings is 1. The average molecular weight is 455 g/mol. The van der Waals surface area contributed by atoms with E-state index < -0.39 is 0 Å². The van der Waals surface area contributed by atoms with E-state index >= 15 is 0 Å². The Morgan fingerprint density at radius 2 is 2.03 bits per heavy atom. The molecule has 1 aliphatic heterocycles. The van der Waals surface area contributed by atoms with Gasteiger partial charge in [0.15, 0.2) is 0 Å². The zero-order valence-electron chi connectivity index (χ0n) is 17.9. The minimum Gasteiger partial charge on any atom is -0.492 e. The molecule has 10 heteroatoms. The molecule has 3 heterocycles. The summed E-state index contributed by atoms with van der Waals surface area (Å²) in [5.41, 5.74) is 1.11. The second-order valence-electron chi connectivity index (χ2n) is 7.65. The van der Waals surface area contributed by atoms with Crippen molar-refractivity contribution in [2.45, 2.75) is 36.6 Å². The molecule has 1 N–H and O–H groups in total. The maximum Gasteiger partial charge on any atom is 0.415 e. The van der Waals surface area contributed by atoms with Crippen molar-refractivity contribution in [1.29, 1.82) is 0 Å². The summed E-state index contributed by atoms with van der Waals surface area (Å²) in [5.74, 6) is 1.81. The van der Waals surface area contributed by atoms with Gasteiger partial charge in [-0.05, 0) is 59.0 Å². The largest absolute Gasteiger partial charge is 0.492 e. The van der Waals surface area contributed by atoms with Crippen LogP contribution < -0.4 is 9.47 Å². The number of rotatable bonds is 8. The molecule has 9 nitrogen and oxygen atoms in total. The van der Waals surface area contributed by atoms with E-state index in [-0.39, 0.29) is 6.09 Å². The fraction of sp³-hybridized carbons (Fsp3) is 0.409. The predicted octanol–water partition coefficient (Wildman–Crippen LogP) is 3.61. The van der Waals surface area contributed by atoms with Crippen LogP contribution in [0.15, 0.2) is 53.9 Å². The van der Waals surface area contributed by atoms with Crippen molar-refractivity contribution in [1.82, 2.24) is 30.5 Å². The molecule has 2 aromatic heterocycles. The number of ether oxygens (including phenoxy) is 2. The number of nitrogens with one attached hydrogen (secondary N) is 1. The Morgan fingerprint density at radius 1 is 1.22 bits per heavy atom. The Bertz CT molecular complexity index is 963. The Morgan fingerprint density at radius 3 is 2.72 bits per heavy atom. The van der Waals surface area contributed by atoms with Crippen LogP contribution in [-0.2, 0) is 6.42 Å². The maximum absolute atomic E-state index is 12.6. The number of aromatic nitrogens is 5. The Hall–Kier alpha value is -3.14. The van der Waals surface area contributed by atoms with Crippen LogP contribution in [-0.4, -0.2) is 61.5 Å². The van der Waals surface area contributed by atoms with E-state index in [0.29, 0.717) is 36.6 Å². The summed E-state index contributed by atoms with van der Waals surface area (Å²) in [6.45, 7) is 4.11. The van der Waals surface area contributed by atoms with Crippen molar-refractivity contribution in [2.24, 2.45) is 5.92 Å².